The highest BCUT2D eigenvalue weighted by Gasteiger charge is 2.17. The van der Waals surface area contributed by atoms with Gasteiger partial charge >= 0.3 is 0 Å². The third-order valence-electron chi connectivity index (χ3n) is 2.79. The highest BCUT2D eigenvalue weighted by atomic mass is 15.1. The Morgan fingerprint density at radius 1 is 1.43 bits per heavy atom. The molecule has 1 heterocycles. The van der Waals surface area contributed by atoms with Crippen molar-refractivity contribution in [3.8, 4) is 0 Å². The molecule has 1 rings (SSSR count). The van der Waals surface area contributed by atoms with Gasteiger partial charge in [0, 0.05) is 12.6 Å². The summed E-state index contributed by atoms with van der Waals surface area (Å²) < 4.78 is 0. The van der Waals surface area contributed by atoms with Gasteiger partial charge in [0.2, 0.25) is 0 Å². The van der Waals surface area contributed by atoms with Gasteiger partial charge in [-0.1, -0.05) is 19.9 Å². The summed E-state index contributed by atoms with van der Waals surface area (Å²) in [6, 6.07) is 0.749. The predicted molar refractivity (Wildman–Crippen MR) is 62.5 cm³/mol. The molecule has 14 heavy (non-hydrogen) atoms. The lowest BCUT2D eigenvalue weighted by Crippen LogP contribution is -2.43. The Labute approximate surface area is 88.4 Å². The molecule has 1 aliphatic rings. The summed E-state index contributed by atoms with van der Waals surface area (Å²) in [6.45, 7) is 13.0. The van der Waals surface area contributed by atoms with Gasteiger partial charge < -0.3 is 5.32 Å². The fourth-order valence-electron chi connectivity index (χ4n) is 1.90. The Hall–Kier alpha value is -0.340. The SMILES string of the molecule is C=CCN1CCC(NCC(C)C)CC1. The lowest BCUT2D eigenvalue weighted by atomic mass is 10.0. The van der Waals surface area contributed by atoms with Crippen molar-refractivity contribution in [3.05, 3.63) is 12.7 Å². The van der Waals surface area contributed by atoms with Crippen molar-refractivity contribution in [1.82, 2.24) is 10.2 Å². The topological polar surface area (TPSA) is 15.3 Å². The van der Waals surface area contributed by atoms with Crippen LogP contribution in [0.1, 0.15) is 26.7 Å². The molecular formula is C12H24N2. The van der Waals surface area contributed by atoms with E-state index in [1.54, 1.807) is 0 Å². The number of nitrogens with one attached hydrogen (secondary N) is 1. The highest BCUT2D eigenvalue weighted by molar-refractivity contribution is 4.81. The van der Waals surface area contributed by atoms with Crippen LogP contribution in [0.25, 0.3) is 0 Å². The van der Waals surface area contributed by atoms with Gasteiger partial charge in [0.15, 0.2) is 0 Å². The summed E-state index contributed by atoms with van der Waals surface area (Å²) in [5.41, 5.74) is 0. The third kappa shape index (κ3) is 4.25. The second kappa shape index (κ2) is 6.20. The average Bonchev–Trinajstić information content (AvgIpc) is 2.17. The Morgan fingerprint density at radius 2 is 2.07 bits per heavy atom. The molecular weight excluding hydrogens is 172 g/mol. The van der Waals surface area contributed by atoms with Crippen LogP contribution in [0.2, 0.25) is 0 Å². The number of hydrogen-bond donors (Lipinski definition) is 1. The molecule has 1 N–H and O–H groups in total. The quantitative estimate of drug-likeness (QED) is 0.675. The Balaban J connectivity index is 2.12. The van der Waals surface area contributed by atoms with Crippen molar-refractivity contribution in [1.29, 1.82) is 0 Å². The maximum Gasteiger partial charge on any atom is 0.0160 e. The Morgan fingerprint density at radius 3 is 2.57 bits per heavy atom. The predicted octanol–water partition coefficient (Wildman–Crippen LogP) is 1.88. The number of likely N-dealkylation sites (tertiary alicyclic amines) is 1. The summed E-state index contributed by atoms with van der Waals surface area (Å²) in [5, 5.41) is 3.63. The van der Waals surface area contributed by atoms with Crippen LogP contribution in [0.15, 0.2) is 12.7 Å². The molecule has 0 aromatic heterocycles. The molecule has 0 atom stereocenters. The largest absolute Gasteiger partial charge is 0.314 e. The zero-order chi connectivity index (χ0) is 10.4. The number of nitrogens with zero attached hydrogens (tertiary/aromatic N) is 1. The van der Waals surface area contributed by atoms with Crippen molar-refractivity contribution >= 4 is 0 Å². The zero-order valence-corrected chi connectivity index (χ0v) is 9.63. The minimum atomic E-state index is 0.749. The first-order valence-electron chi connectivity index (χ1n) is 5.79. The second-order valence-corrected chi connectivity index (χ2v) is 4.67. The molecule has 0 aromatic carbocycles. The van der Waals surface area contributed by atoms with E-state index in [0.29, 0.717) is 0 Å². The first-order valence-corrected chi connectivity index (χ1v) is 5.79. The monoisotopic (exact) mass is 196 g/mol. The van der Waals surface area contributed by atoms with Crippen LogP contribution in [0.5, 0.6) is 0 Å². The molecule has 0 unspecified atom stereocenters. The van der Waals surface area contributed by atoms with E-state index < -0.39 is 0 Å². The van der Waals surface area contributed by atoms with E-state index >= 15 is 0 Å². The Bertz CT molecular complexity index is 158. The van der Waals surface area contributed by atoms with Gasteiger partial charge in [-0.15, -0.1) is 6.58 Å². The van der Waals surface area contributed by atoms with E-state index in [9.17, 15) is 0 Å². The van der Waals surface area contributed by atoms with Crippen molar-refractivity contribution in [3.63, 3.8) is 0 Å². The van der Waals surface area contributed by atoms with Crippen molar-refractivity contribution < 1.29 is 0 Å². The van der Waals surface area contributed by atoms with Gasteiger partial charge in [-0.05, 0) is 38.4 Å². The third-order valence-corrected chi connectivity index (χ3v) is 2.79. The molecule has 1 saturated heterocycles. The molecule has 2 heteroatoms. The maximum atomic E-state index is 3.78. The van der Waals surface area contributed by atoms with Crippen LogP contribution < -0.4 is 5.32 Å². The Kier molecular flexibility index (Phi) is 5.20. The van der Waals surface area contributed by atoms with Gasteiger partial charge in [-0.2, -0.15) is 0 Å². The van der Waals surface area contributed by atoms with E-state index in [1.165, 1.54) is 25.9 Å². The smallest absolute Gasteiger partial charge is 0.0160 e. The first-order chi connectivity index (χ1) is 6.72. The molecule has 0 aromatic rings. The van der Waals surface area contributed by atoms with Crippen LogP contribution in [-0.2, 0) is 0 Å². The van der Waals surface area contributed by atoms with Gasteiger partial charge in [0.1, 0.15) is 0 Å². The summed E-state index contributed by atoms with van der Waals surface area (Å²) >= 11 is 0. The fraction of sp³-hybridized carbons (Fsp3) is 0.833. The van der Waals surface area contributed by atoms with E-state index in [-0.39, 0.29) is 0 Å². The zero-order valence-electron chi connectivity index (χ0n) is 9.63. The lowest BCUT2D eigenvalue weighted by molar-refractivity contribution is 0.213. The van der Waals surface area contributed by atoms with E-state index in [1.807, 2.05) is 6.08 Å². The molecule has 0 saturated carbocycles. The van der Waals surface area contributed by atoms with Crippen LogP contribution in [0, 0.1) is 5.92 Å². The van der Waals surface area contributed by atoms with Crippen molar-refractivity contribution in [2.75, 3.05) is 26.2 Å². The van der Waals surface area contributed by atoms with Crippen LogP contribution >= 0.6 is 0 Å². The molecule has 0 spiro atoms. The molecule has 0 amide bonds. The summed E-state index contributed by atoms with van der Waals surface area (Å²) in [4.78, 5) is 2.47. The molecule has 0 radical (unpaired) electrons. The van der Waals surface area contributed by atoms with E-state index in [0.717, 1.165) is 25.0 Å². The molecule has 2 nitrogen and oxygen atoms in total. The van der Waals surface area contributed by atoms with E-state index in [4.69, 9.17) is 0 Å². The summed E-state index contributed by atoms with van der Waals surface area (Å²) in [6.07, 6.45) is 4.59. The average molecular weight is 196 g/mol. The number of rotatable bonds is 5. The minimum absolute atomic E-state index is 0.749. The van der Waals surface area contributed by atoms with Crippen LogP contribution in [0.4, 0.5) is 0 Å². The lowest BCUT2D eigenvalue weighted by Gasteiger charge is -2.32. The highest BCUT2D eigenvalue weighted by Crippen LogP contribution is 2.10. The van der Waals surface area contributed by atoms with Crippen molar-refractivity contribution in [2.45, 2.75) is 32.7 Å². The number of piperidine rings is 1. The first kappa shape index (κ1) is 11.7. The van der Waals surface area contributed by atoms with Gasteiger partial charge in [0.05, 0.1) is 0 Å². The number of hydrogen-bond acceptors (Lipinski definition) is 2. The van der Waals surface area contributed by atoms with Gasteiger partial charge in [-0.3, -0.25) is 4.90 Å². The van der Waals surface area contributed by atoms with Crippen LogP contribution in [0.3, 0.4) is 0 Å². The molecule has 82 valence electrons. The second-order valence-electron chi connectivity index (χ2n) is 4.67. The normalized spacial score (nSPS) is 20.2. The molecule has 1 fully saturated rings. The molecule has 0 aliphatic carbocycles. The van der Waals surface area contributed by atoms with Gasteiger partial charge in [-0.25, -0.2) is 0 Å². The summed E-state index contributed by atoms with van der Waals surface area (Å²) in [7, 11) is 0. The molecule has 0 bridgehead atoms. The fourth-order valence-corrected chi connectivity index (χ4v) is 1.90. The van der Waals surface area contributed by atoms with Crippen molar-refractivity contribution in [2.24, 2.45) is 5.92 Å². The standard InChI is InChI=1S/C12H24N2/c1-4-7-14-8-5-12(6-9-14)13-10-11(2)3/h4,11-13H,1,5-10H2,2-3H3. The maximum absolute atomic E-state index is 3.78. The van der Waals surface area contributed by atoms with Crippen LogP contribution in [-0.4, -0.2) is 37.1 Å². The molecule has 1 aliphatic heterocycles. The summed E-state index contributed by atoms with van der Waals surface area (Å²) in [5.74, 6) is 0.765. The van der Waals surface area contributed by atoms with Gasteiger partial charge in [0.25, 0.3) is 0 Å². The minimum Gasteiger partial charge on any atom is -0.314 e. The van der Waals surface area contributed by atoms with E-state index in [2.05, 4.69) is 30.6 Å².